The first-order valence-corrected chi connectivity index (χ1v) is 6.80. The molecular weight excluding hydrogens is 240 g/mol. The van der Waals surface area contributed by atoms with E-state index in [4.69, 9.17) is 17.4 Å². The number of halogens is 1. The van der Waals surface area contributed by atoms with Gasteiger partial charge in [-0.2, -0.15) is 0 Å². The van der Waals surface area contributed by atoms with Crippen LogP contribution in [0.2, 0.25) is 5.02 Å². The van der Waals surface area contributed by atoms with Gasteiger partial charge < -0.3 is 0 Å². The van der Waals surface area contributed by atoms with Crippen LogP contribution >= 0.6 is 22.9 Å². The zero-order valence-electron chi connectivity index (χ0n) is 10.4. The molecule has 0 aliphatic carbocycles. The SMILES string of the molecule is Cc1csc(C(CCC(C)(C)C)NN)c1Cl. The van der Waals surface area contributed by atoms with E-state index in [1.54, 1.807) is 11.3 Å². The van der Waals surface area contributed by atoms with Crippen molar-refractivity contribution < 1.29 is 0 Å². The first-order valence-electron chi connectivity index (χ1n) is 5.55. The van der Waals surface area contributed by atoms with Crippen LogP contribution in [0.4, 0.5) is 0 Å². The molecule has 0 aromatic carbocycles. The van der Waals surface area contributed by atoms with E-state index in [-0.39, 0.29) is 6.04 Å². The molecule has 0 bridgehead atoms. The number of nitrogens with one attached hydrogen (secondary N) is 1. The molecule has 0 saturated carbocycles. The van der Waals surface area contributed by atoms with Crippen LogP contribution in [0, 0.1) is 12.3 Å². The monoisotopic (exact) mass is 260 g/mol. The Labute approximate surface area is 107 Å². The quantitative estimate of drug-likeness (QED) is 0.633. The molecule has 92 valence electrons. The fourth-order valence-electron chi connectivity index (χ4n) is 1.55. The first-order chi connectivity index (χ1) is 7.35. The van der Waals surface area contributed by atoms with Crippen LogP contribution in [-0.2, 0) is 0 Å². The molecule has 1 aromatic rings. The average molecular weight is 261 g/mol. The molecule has 0 radical (unpaired) electrons. The van der Waals surface area contributed by atoms with E-state index in [9.17, 15) is 0 Å². The zero-order valence-corrected chi connectivity index (χ0v) is 12.0. The smallest absolute Gasteiger partial charge is 0.0590 e. The van der Waals surface area contributed by atoms with Gasteiger partial charge in [-0.25, -0.2) is 0 Å². The molecule has 16 heavy (non-hydrogen) atoms. The van der Waals surface area contributed by atoms with E-state index >= 15 is 0 Å². The molecule has 1 aromatic heterocycles. The number of hydrogen-bond donors (Lipinski definition) is 2. The number of nitrogens with two attached hydrogens (primary N) is 1. The summed E-state index contributed by atoms with van der Waals surface area (Å²) in [4.78, 5) is 1.16. The molecule has 0 spiro atoms. The highest BCUT2D eigenvalue weighted by atomic mass is 35.5. The minimum Gasteiger partial charge on any atom is -0.271 e. The molecule has 0 fully saturated rings. The minimum absolute atomic E-state index is 0.172. The Morgan fingerprint density at radius 1 is 1.50 bits per heavy atom. The summed E-state index contributed by atoms with van der Waals surface area (Å²) in [7, 11) is 0. The molecule has 1 atom stereocenters. The number of rotatable bonds is 4. The summed E-state index contributed by atoms with van der Waals surface area (Å²) in [6, 6.07) is 0.172. The van der Waals surface area contributed by atoms with Crippen molar-refractivity contribution in [2.45, 2.75) is 46.6 Å². The van der Waals surface area contributed by atoms with Crippen molar-refractivity contribution in [3.05, 3.63) is 20.8 Å². The van der Waals surface area contributed by atoms with E-state index in [1.807, 2.05) is 6.92 Å². The van der Waals surface area contributed by atoms with Crippen LogP contribution in [0.3, 0.4) is 0 Å². The van der Waals surface area contributed by atoms with Gasteiger partial charge in [0.15, 0.2) is 0 Å². The Bertz CT molecular complexity index is 341. The highest BCUT2D eigenvalue weighted by molar-refractivity contribution is 7.10. The Morgan fingerprint density at radius 2 is 2.12 bits per heavy atom. The van der Waals surface area contributed by atoms with Gasteiger partial charge in [-0.1, -0.05) is 32.4 Å². The maximum atomic E-state index is 6.25. The third kappa shape index (κ3) is 3.74. The summed E-state index contributed by atoms with van der Waals surface area (Å²) in [5, 5.41) is 2.95. The van der Waals surface area contributed by atoms with Gasteiger partial charge in [0.2, 0.25) is 0 Å². The lowest BCUT2D eigenvalue weighted by atomic mass is 9.88. The van der Waals surface area contributed by atoms with Crippen molar-refractivity contribution in [3.63, 3.8) is 0 Å². The third-order valence-electron chi connectivity index (χ3n) is 2.63. The molecule has 0 saturated heterocycles. The zero-order chi connectivity index (χ0) is 12.3. The summed E-state index contributed by atoms with van der Waals surface area (Å²) in [5.74, 6) is 5.61. The average Bonchev–Trinajstić information content (AvgIpc) is 2.49. The van der Waals surface area contributed by atoms with E-state index in [0.29, 0.717) is 5.41 Å². The molecule has 0 aliphatic heterocycles. The minimum atomic E-state index is 0.172. The van der Waals surface area contributed by atoms with Gasteiger partial charge in [0.05, 0.1) is 11.1 Å². The second-order valence-electron chi connectivity index (χ2n) is 5.42. The summed E-state index contributed by atoms with van der Waals surface area (Å²) in [5.41, 5.74) is 4.34. The predicted molar refractivity (Wildman–Crippen MR) is 72.8 cm³/mol. The number of thiophene rings is 1. The molecular formula is C12H21ClN2S. The summed E-state index contributed by atoms with van der Waals surface area (Å²) in [6.45, 7) is 8.74. The fourth-order valence-corrected chi connectivity index (χ4v) is 2.97. The number of hydrogen-bond acceptors (Lipinski definition) is 3. The highest BCUT2D eigenvalue weighted by Gasteiger charge is 2.19. The maximum absolute atomic E-state index is 6.25. The lowest BCUT2D eigenvalue weighted by Gasteiger charge is -2.22. The van der Waals surface area contributed by atoms with Crippen LogP contribution in [0.15, 0.2) is 5.38 Å². The van der Waals surface area contributed by atoms with Crippen LogP contribution in [0.25, 0.3) is 0 Å². The summed E-state index contributed by atoms with van der Waals surface area (Å²) < 4.78 is 0. The van der Waals surface area contributed by atoms with E-state index in [1.165, 1.54) is 0 Å². The van der Waals surface area contributed by atoms with Crippen LogP contribution in [0.1, 0.15) is 50.1 Å². The summed E-state index contributed by atoms with van der Waals surface area (Å²) in [6.07, 6.45) is 2.13. The second-order valence-corrected chi connectivity index (χ2v) is 6.70. The molecule has 1 heterocycles. The predicted octanol–water partition coefficient (Wildman–Crippen LogP) is 4.04. The Kier molecular flexibility index (Phi) is 4.80. The number of aryl methyl sites for hydroxylation is 1. The van der Waals surface area contributed by atoms with Crippen molar-refractivity contribution in [1.82, 2.24) is 5.43 Å². The van der Waals surface area contributed by atoms with Crippen LogP contribution in [-0.4, -0.2) is 0 Å². The molecule has 3 N–H and O–H groups in total. The van der Waals surface area contributed by atoms with Crippen LogP contribution in [0.5, 0.6) is 0 Å². The van der Waals surface area contributed by atoms with Crippen molar-refractivity contribution >= 4 is 22.9 Å². The van der Waals surface area contributed by atoms with Gasteiger partial charge in [-0.3, -0.25) is 11.3 Å². The number of hydrazine groups is 1. The van der Waals surface area contributed by atoms with E-state index < -0.39 is 0 Å². The van der Waals surface area contributed by atoms with Crippen LogP contribution < -0.4 is 11.3 Å². The van der Waals surface area contributed by atoms with Gasteiger partial charge in [0.1, 0.15) is 0 Å². The van der Waals surface area contributed by atoms with Crippen molar-refractivity contribution in [2.75, 3.05) is 0 Å². The van der Waals surface area contributed by atoms with Crippen molar-refractivity contribution in [1.29, 1.82) is 0 Å². The van der Waals surface area contributed by atoms with E-state index in [0.717, 1.165) is 28.3 Å². The van der Waals surface area contributed by atoms with E-state index in [2.05, 4.69) is 31.6 Å². The fraction of sp³-hybridized carbons (Fsp3) is 0.667. The molecule has 2 nitrogen and oxygen atoms in total. The van der Waals surface area contributed by atoms with Gasteiger partial charge in [0.25, 0.3) is 0 Å². The second kappa shape index (κ2) is 5.50. The topological polar surface area (TPSA) is 38.0 Å². The lowest BCUT2D eigenvalue weighted by molar-refractivity contribution is 0.335. The van der Waals surface area contributed by atoms with Crippen molar-refractivity contribution in [2.24, 2.45) is 11.3 Å². The van der Waals surface area contributed by atoms with Gasteiger partial charge in [-0.15, -0.1) is 11.3 Å². The maximum Gasteiger partial charge on any atom is 0.0590 e. The summed E-state index contributed by atoms with van der Waals surface area (Å²) >= 11 is 7.93. The molecule has 1 unspecified atom stereocenters. The normalized spacial score (nSPS) is 14.1. The molecule has 1 rings (SSSR count). The Morgan fingerprint density at radius 3 is 2.50 bits per heavy atom. The van der Waals surface area contributed by atoms with Crippen molar-refractivity contribution in [3.8, 4) is 0 Å². The molecule has 0 amide bonds. The first kappa shape index (κ1) is 14.0. The standard InChI is InChI=1S/C12H21ClN2S/c1-8-7-16-11(10(8)13)9(15-14)5-6-12(2,3)4/h7,9,15H,5-6,14H2,1-4H3. The van der Waals surface area contributed by atoms with Gasteiger partial charge >= 0.3 is 0 Å². The van der Waals surface area contributed by atoms with Gasteiger partial charge in [-0.05, 0) is 36.1 Å². The molecule has 4 heteroatoms. The lowest BCUT2D eigenvalue weighted by Crippen LogP contribution is -2.28. The Hall–Kier alpha value is -0.0900. The van der Waals surface area contributed by atoms with Gasteiger partial charge in [0, 0.05) is 4.88 Å². The molecule has 0 aliphatic rings. The largest absolute Gasteiger partial charge is 0.271 e. The Balaban J connectivity index is 2.72. The third-order valence-corrected chi connectivity index (χ3v) is 4.45. The highest BCUT2D eigenvalue weighted by Crippen LogP contribution is 2.36.